The van der Waals surface area contributed by atoms with Crippen molar-refractivity contribution in [2.75, 3.05) is 26.3 Å². The Morgan fingerprint density at radius 3 is 2.76 bits per heavy atom. The fraction of sp³-hybridized carbons (Fsp3) is 0.714. The number of hydrogen-bond acceptors (Lipinski definition) is 3. The molecule has 1 aromatic heterocycles. The standard InChI is InChI=1S/C14H27N5O.HI/c1-5-15-14(16-8-9-20-11-12(2)3)17-10-13-6-7-18-19(13)4;/h6-7,12H,5,8-11H2,1-4H3,(H2,15,16,17);1H. The molecule has 0 saturated heterocycles. The highest BCUT2D eigenvalue weighted by atomic mass is 127. The largest absolute Gasteiger partial charge is 0.379 e. The first-order chi connectivity index (χ1) is 9.63. The van der Waals surface area contributed by atoms with E-state index in [9.17, 15) is 0 Å². The normalized spacial score (nSPS) is 11.4. The van der Waals surface area contributed by atoms with Crippen LogP contribution in [-0.2, 0) is 18.3 Å². The lowest BCUT2D eigenvalue weighted by atomic mass is 10.2. The second-order valence-corrected chi connectivity index (χ2v) is 5.04. The summed E-state index contributed by atoms with van der Waals surface area (Å²) < 4.78 is 7.37. The molecule has 6 nitrogen and oxygen atoms in total. The molecular formula is C14H28IN5O. The summed E-state index contributed by atoms with van der Waals surface area (Å²) in [5.41, 5.74) is 1.08. The Bertz CT molecular complexity index is 406. The number of halogens is 1. The molecule has 0 aliphatic carbocycles. The molecule has 1 rings (SSSR count). The summed E-state index contributed by atoms with van der Waals surface area (Å²) in [5.74, 6) is 1.38. The van der Waals surface area contributed by atoms with Gasteiger partial charge in [0.1, 0.15) is 0 Å². The van der Waals surface area contributed by atoms with Gasteiger partial charge in [0, 0.05) is 32.9 Å². The van der Waals surface area contributed by atoms with Crippen LogP contribution in [0.5, 0.6) is 0 Å². The van der Waals surface area contributed by atoms with Gasteiger partial charge in [0.15, 0.2) is 5.96 Å². The number of rotatable bonds is 8. The van der Waals surface area contributed by atoms with E-state index < -0.39 is 0 Å². The average Bonchev–Trinajstić information content (AvgIpc) is 2.80. The van der Waals surface area contributed by atoms with Crippen molar-refractivity contribution in [2.45, 2.75) is 27.3 Å². The minimum absolute atomic E-state index is 0. The number of nitrogens with zero attached hydrogens (tertiary/aromatic N) is 3. The number of nitrogens with one attached hydrogen (secondary N) is 2. The maximum atomic E-state index is 5.53. The average molecular weight is 409 g/mol. The summed E-state index contributed by atoms with van der Waals surface area (Å²) in [4.78, 5) is 4.53. The summed E-state index contributed by atoms with van der Waals surface area (Å²) in [7, 11) is 1.92. The molecule has 1 aromatic rings. The molecule has 0 radical (unpaired) electrons. The Balaban J connectivity index is 0.00000400. The van der Waals surface area contributed by atoms with Crippen LogP contribution in [0, 0.1) is 5.92 Å². The maximum absolute atomic E-state index is 5.53. The number of guanidine groups is 1. The van der Waals surface area contributed by atoms with Gasteiger partial charge in [-0.05, 0) is 18.9 Å². The molecule has 2 N–H and O–H groups in total. The quantitative estimate of drug-likeness (QED) is 0.297. The third kappa shape index (κ3) is 8.92. The SMILES string of the molecule is CCNC(=NCc1ccnn1C)NCCOCC(C)C.I. The fourth-order valence-corrected chi connectivity index (χ4v) is 1.62. The van der Waals surface area contributed by atoms with Gasteiger partial charge in [0.05, 0.1) is 18.8 Å². The van der Waals surface area contributed by atoms with E-state index in [-0.39, 0.29) is 24.0 Å². The monoisotopic (exact) mass is 409 g/mol. The summed E-state index contributed by atoms with van der Waals surface area (Å²) in [6, 6.07) is 1.97. The van der Waals surface area contributed by atoms with E-state index in [1.54, 1.807) is 6.20 Å². The smallest absolute Gasteiger partial charge is 0.191 e. The minimum Gasteiger partial charge on any atom is -0.379 e. The first-order valence-corrected chi connectivity index (χ1v) is 7.20. The van der Waals surface area contributed by atoms with Crippen LogP contribution in [0.2, 0.25) is 0 Å². The predicted octanol–water partition coefficient (Wildman–Crippen LogP) is 1.77. The first-order valence-electron chi connectivity index (χ1n) is 7.20. The van der Waals surface area contributed by atoms with Crippen molar-refractivity contribution in [2.24, 2.45) is 18.0 Å². The van der Waals surface area contributed by atoms with E-state index in [4.69, 9.17) is 4.74 Å². The van der Waals surface area contributed by atoms with Gasteiger partial charge in [-0.2, -0.15) is 5.10 Å². The summed E-state index contributed by atoms with van der Waals surface area (Å²) in [6.07, 6.45) is 1.78. The van der Waals surface area contributed by atoms with E-state index in [0.29, 0.717) is 19.1 Å². The molecule has 0 bridgehead atoms. The van der Waals surface area contributed by atoms with Gasteiger partial charge < -0.3 is 15.4 Å². The van der Waals surface area contributed by atoms with E-state index >= 15 is 0 Å². The molecular weight excluding hydrogens is 381 g/mol. The lowest BCUT2D eigenvalue weighted by molar-refractivity contribution is 0.114. The Morgan fingerprint density at radius 1 is 1.43 bits per heavy atom. The molecule has 21 heavy (non-hydrogen) atoms. The highest BCUT2D eigenvalue weighted by molar-refractivity contribution is 14.0. The lowest BCUT2D eigenvalue weighted by Crippen LogP contribution is -2.39. The topological polar surface area (TPSA) is 63.5 Å². The minimum atomic E-state index is 0. The lowest BCUT2D eigenvalue weighted by Gasteiger charge is -2.12. The van der Waals surface area contributed by atoms with Crippen LogP contribution in [0.15, 0.2) is 17.3 Å². The zero-order valence-corrected chi connectivity index (χ0v) is 15.8. The number of ether oxygens (including phenoxy) is 1. The van der Waals surface area contributed by atoms with Crippen molar-refractivity contribution in [3.05, 3.63) is 18.0 Å². The molecule has 122 valence electrons. The van der Waals surface area contributed by atoms with Crippen molar-refractivity contribution < 1.29 is 4.74 Å². The first kappa shape index (κ1) is 20.2. The van der Waals surface area contributed by atoms with Gasteiger partial charge in [-0.1, -0.05) is 13.8 Å². The van der Waals surface area contributed by atoms with E-state index in [2.05, 4.69) is 41.5 Å². The van der Waals surface area contributed by atoms with Crippen LogP contribution in [0.3, 0.4) is 0 Å². The van der Waals surface area contributed by atoms with Crippen LogP contribution in [0.25, 0.3) is 0 Å². The number of aromatic nitrogens is 2. The zero-order valence-electron chi connectivity index (χ0n) is 13.4. The summed E-state index contributed by atoms with van der Waals surface area (Å²) >= 11 is 0. The molecule has 0 aliphatic heterocycles. The summed E-state index contributed by atoms with van der Waals surface area (Å²) in [6.45, 7) is 10.0. The molecule has 0 aromatic carbocycles. The van der Waals surface area contributed by atoms with Crippen molar-refractivity contribution in [1.29, 1.82) is 0 Å². The predicted molar refractivity (Wildman–Crippen MR) is 97.1 cm³/mol. The Kier molecular flexibility index (Phi) is 11.3. The maximum Gasteiger partial charge on any atom is 0.191 e. The second kappa shape index (κ2) is 11.8. The second-order valence-electron chi connectivity index (χ2n) is 5.04. The number of hydrogen-bond donors (Lipinski definition) is 2. The number of aryl methyl sites for hydroxylation is 1. The van der Waals surface area contributed by atoms with E-state index in [1.807, 2.05) is 17.8 Å². The van der Waals surface area contributed by atoms with Gasteiger partial charge in [-0.15, -0.1) is 24.0 Å². The van der Waals surface area contributed by atoms with Gasteiger partial charge in [0.2, 0.25) is 0 Å². The van der Waals surface area contributed by atoms with Gasteiger partial charge >= 0.3 is 0 Å². The van der Waals surface area contributed by atoms with Gasteiger partial charge in [0.25, 0.3) is 0 Å². The molecule has 0 aliphatic rings. The van der Waals surface area contributed by atoms with Gasteiger partial charge in [-0.3, -0.25) is 4.68 Å². The molecule has 0 unspecified atom stereocenters. The van der Waals surface area contributed by atoms with Crippen LogP contribution in [0.4, 0.5) is 0 Å². The van der Waals surface area contributed by atoms with E-state index in [0.717, 1.165) is 31.3 Å². The molecule has 0 amide bonds. The highest BCUT2D eigenvalue weighted by Crippen LogP contribution is 1.98. The molecule has 0 spiro atoms. The third-order valence-electron chi connectivity index (χ3n) is 2.66. The van der Waals surface area contributed by atoms with Crippen molar-refractivity contribution in [1.82, 2.24) is 20.4 Å². The summed E-state index contributed by atoms with van der Waals surface area (Å²) in [5, 5.41) is 10.6. The molecule has 7 heteroatoms. The third-order valence-corrected chi connectivity index (χ3v) is 2.66. The fourth-order valence-electron chi connectivity index (χ4n) is 1.62. The number of aliphatic imine (C=N–C) groups is 1. The van der Waals surface area contributed by atoms with Crippen molar-refractivity contribution in [3.63, 3.8) is 0 Å². The van der Waals surface area contributed by atoms with Gasteiger partial charge in [-0.25, -0.2) is 4.99 Å². The van der Waals surface area contributed by atoms with Crippen LogP contribution in [0.1, 0.15) is 26.5 Å². The van der Waals surface area contributed by atoms with E-state index in [1.165, 1.54) is 0 Å². The Morgan fingerprint density at radius 2 is 2.19 bits per heavy atom. The Hall–Kier alpha value is -0.830. The highest BCUT2D eigenvalue weighted by Gasteiger charge is 2.00. The molecule has 0 atom stereocenters. The van der Waals surface area contributed by atoms with Crippen LogP contribution < -0.4 is 10.6 Å². The molecule has 0 fully saturated rings. The Labute approximate surface area is 144 Å². The zero-order chi connectivity index (χ0) is 14.8. The van der Waals surface area contributed by atoms with Crippen LogP contribution >= 0.6 is 24.0 Å². The van der Waals surface area contributed by atoms with Crippen molar-refractivity contribution >= 4 is 29.9 Å². The van der Waals surface area contributed by atoms with Crippen LogP contribution in [-0.4, -0.2) is 42.0 Å². The molecule has 0 saturated carbocycles. The molecule has 1 heterocycles. The van der Waals surface area contributed by atoms with Crippen molar-refractivity contribution in [3.8, 4) is 0 Å².